The molecule has 0 spiro atoms. The molecular formula is C19H26FN7O3. The Labute approximate surface area is 174 Å². The second-order valence-corrected chi connectivity index (χ2v) is 6.46. The monoisotopic (exact) mass is 419 g/mol. The number of benzene rings is 1. The van der Waals surface area contributed by atoms with Crippen molar-refractivity contribution in [2.45, 2.75) is 6.10 Å². The maximum Gasteiger partial charge on any atom is 0.414 e. The van der Waals surface area contributed by atoms with E-state index < -0.39 is 18.0 Å². The van der Waals surface area contributed by atoms with Crippen LogP contribution in [0.4, 0.5) is 20.7 Å². The number of ether oxygens (including phenoxy) is 1. The van der Waals surface area contributed by atoms with Gasteiger partial charge in [-0.3, -0.25) is 4.90 Å². The van der Waals surface area contributed by atoms with E-state index in [1.165, 1.54) is 11.0 Å². The molecule has 11 heteroatoms. The van der Waals surface area contributed by atoms with Crippen molar-refractivity contribution in [1.82, 2.24) is 10.1 Å². The Morgan fingerprint density at radius 3 is 2.57 bits per heavy atom. The molecule has 1 saturated heterocycles. The van der Waals surface area contributed by atoms with Gasteiger partial charge in [-0.2, -0.15) is 5.10 Å². The molecule has 162 valence electrons. The number of nitrogens with zero attached hydrogens (tertiary/aromatic N) is 5. The molecular weight excluding hydrogens is 393 g/mol. The first-order valence-corrected chi connectivity index (χ1v) is 9.02. The summed E-state index contributed by atoms with van der Waals surface area (Å²) in [6.07, 6.45) is 0.388. The number of hydrazone groups is 1. The molecule has 1 fully saturated rings. The van der Waals surface area contributed by atoms with E-state index in [9.17, 15) is 9.18 Å². The molecule has 0 saturated carbocycles. The second kappa shape index (κ2) is 10.5. The lowest BCUT2D eigenvalue weighted by atomic mass is 10.1. The van der Waals surface area contributed by atoms with Crippen LogP contribution in [-0.2, 0) is 4.74 Å². The Morgan fingerprint density at radius 1 is 1.40 bits per heavy atom. The van der Waals surface area contributed by atoms with E-state index >= 15 is 0 Å². The largest absolute Gasteiger partial charge is 0.441 e. The van der Waals surface area contributed by atoms with Gasteiger partial charge < -0.3 is 20.5 Å². The Morgan fingerprint density at radius 2 is 2.10 bits per heavy atom. The summed E-state index contributed by atoms with van der Waals surface area (Å²) in [6, 6.07) is 8.03. The molecule has 1 aliphatic heterocycles. The molecule has 1 aromatic heterocycles. The predicted octanol–water partition coefficient (Wildman–Crippen LogP) is 0.965. The van der Waals surface area contributed by atoms with Crippen LogP contribution >= 0.6 is 0 Å². The maximum atomic E-state index is 14.5. The van der Waals surface area contributed by atoms with Gasteiger partial charge in [0, 0.05) is 38.1 Å². The Balaban J connectivity index is 0.000000575. The lowest BCUT2D eigenvalue weighted by Crippen LogP contribution is -2.25. The summed E-state index contributed by atoms with van der Waals surface area (Å²) in [7, 11) is 3.42. The van der Waals surface area contributed by atoms with Gasteiger partial charge in [0.1, 0.15) is 17.7 Å². The molecule has 3 rings (SSSR count). The summed E-state index contributed by atoms with van der Waals surface area (Å²) in [4.78, 5) is 19.1. The molecule has 0 radical (unpaired) electrons. The van der Waals surface area contributed by atoms with Crippen LogP contribution in [0, 0.1) is 5.82 Å². The van der Waals surface area contributed by atoms with Crippen molar-refractivity contribution in [2.75, 3.05) is 43.7 Å². The summed E-state index contributed by atoms with van der Waals surface area (Å²) >= 11 is 0. The average molecular weight is 419 g/mol. The number of aromatic nitrogens is 1. The normalized spacial score (nSPS) is 15.2. The fraction of sp³-hybridized carbons (Fsp3) is 0.316. The van der Waals surface area contributed by atoms with Gasteiger partial charge in [0.15, 0.2) is 0 Å². The van der Waals surface area contributed by atoms with Crippen molar-refractivity contribution in [3.63, 3.8) is 0 Å². The second-order valence-electron chi connectivity index (χ2n) is 6.46. The van der Waals surface area contributed by atoms with Gasteiger partial charge >= 0.3 is 6.09 Å². The number of aliphatic hydroxyl groups excluding tert-OH is 1. The Hall–Kier alpha value is -3.28. The van der Waals surface area contributed by atoms with Crippen LogP contribution < -0.4 is 21.4 Å². The zero-order valence-corrected chi connectivity index (χ0v) is 16.9. The Bertz CT molecular complexity index is 864. The van der Waals surface area contributed by atoms with Gasteiger partial charge in [-0.1, -0.05) is 0 Å². The molecule has 1 unspecified atom stereocenters. The number of hydrazine groups is 1. The lowest BCUT2D eigenvalue weighted by molar-refractivity contribution is 0.0963. The van der Waals surface area contributed by atoms with Gasteiger partial charge in [0.05, 0.1) is 25.5 Å². The van der Waals surface area contributed by atoms with Crippen LogP contribution in [-0.4, -0.2) is 68.0 Å². The van der Waals surface area contributed by atoms with Crippen LogP contribution in [0.2, 0.25) is 0 Å². The first-order valence-electron chi connectivity index (χ1n) is 9.02. The number of amides is 1. The number of hydrogen-bond acceptors (Lipinski definition) is 9. The molecule has 10 nitrogen and oxygen atoms in total. The first kappa shape index (κ1) is 23.0. The summed E-state index contributed by atoms with van der Waals surface area (Å²) in [6.45, 7) is 3.37. The minimum absolute atomic E-state index is 0.190. The van der Waals surface area contributed by atoms with Crippen molar-refractivity contribution < 1.29 is 19.0 Å². The number of pyridine rings is 1. The van der Waals surface area contributed by atoms with E-state index in [1.54, 1.807) is 42.4 Å². The predicted molar refractivity (Wildman–Crippen MR) is 113 cm³/mol. The molecule has 2 heterocycles. The molecule has 2 aromatic rings. The van der Waals surface area contributed by atoms with E-state index in [0.29, 0.717) is 29.3 Å². The molecule has 1 atom stereocenters. The smallest absolute Gasteiger partial charge is 0.414 e. The van der Waals surface area contributed by atoms with Gasteiger partial charge in [-0.15, -0.1) is 0 Å². The molecule has 1 aliphatic rings. The van der Waals surface area contributed by atoms with Crippen molar-refractivity contribution in [3.05, 3.63) is 42.3 Å². The summed E-state index contributed by atoms with van der Waals surface area (Å²) in [5.41, 5.74) is 6.94. The topological polar surface area (TPSA) is 134 Å². The van der Waals surface area contributed by atoms with E-state index in [4.69, 9.17) is 21.4 Å². The zero-order valence-electron chi connectivity index (χ0n) is 16.9. The van der Waals surface area contributed by atoms with E-state index in [1.807, 2.05) is 7.05 Å². The molecule has 5 N–H and O–H groups in total. The highest BCUT2D eigenvalue weighted by molar-refractivity contribution is 5.90. The number of rotatable bonds is 6. The minimum atomic E-state index is -0.595. The van der Waals surface area contributed by atoms with Crippen LogP contribution in [0.1, 0.15) is 0 Å². The van der Waals surface area contributed by atoms with Gasteiger partial charge in [-0.25, -0.2) is 25.1 Å². The molecule has 1 amide bonds. The highest BCUT2D eigenvalue weighted by Gasteiger charge is 2.32. The van der Waals surface area contributed by atoms with Crippen molar-refractivity contribution in [2.24, 2.45) is 16.7 Å². The van der Waals surface area contributed by atoms with Gasteiger partial charge in [-0.05, 0) is 30.3 Å². The third-order valence-corrected chi connectivity index (χ3v) is 4.29. The third-order valence-electron chi connectivity index (χ3n) is 4.29. The van der Waals surface area contributed by atoms with E-state index in [0.717, 1.165) is 5.12 Å². The van der Waals surface area contributed by atoms with Crippen molar-refractivity contribution >= 4 is 24.3 Å². The fourth-order valence-corrected chi connectivity index (χ4v) is 2.60. The number of anilines is 2. The average Bonchev–Trinajstić information content (AvgIpc) is 3.14. The van der Waals surface area contributed by atoms with Crippen LogP contribution in [0.5, 0.6) is 0 Å². The number of carbonyl (C=O) groups excluding carboxylic acids is 1. The summed E-state index contributed by atoms with van der Waals surface area (Å²) < 4.78 is 19.5. The van der Waals surface area contributed by atoms with Gasteiger partial charge in [0.25, 0.3) is 0 Å². The Kier molecular flexibility index (Phi) is 8.04. The maximum absolute atomic E-state index is 14.5. The highest BCUT2D eigenvalue weighted by Crippen LogP contribution is 2.29. The van der Waals surface area contributed by atoms with E-state index in [2.05, 4.69) is 16.8 Å². The number of cyclic esters (lactones) is 1. The minimum Gasteiger partial charge on any atom is -0.441 e. The van der Waals surface area contributed by atoms with E-state index in [-0.39, 0.29) is 13.2 Å². The number of nitrogens with two attached hydrogens (primary N) is 2. The number of halogens is 1. The number of carbonyl (C=O) groups is 1. The van der Waals surface area contributed by atoms with Crippen LogP contribution in [0.25, 0.3) is 11.1 Å². The molecule has 1 aromatic carbocycles. The SMILES string of the molecule is C=NN(C)N.CN(CN)c1ccc(-c2ccc(N3CC(CO)OC3=O)cc2F)cn1. The van der Waals surface area contributed by atoms with Crippen molar-refractivity contribution in [3.8, 4) is 11.1 Å². The van der Waals surface area contributed by atoms with Crippen molar-refractivity contribution in [1.29, 1.82) is 0 Å². The first-order chi connectivity index (χ1) is 14.3. The summed E-state index contributed by atoms with van der Waals surface area (Å²) in [5.74, 6) is 5.12. The quantitative estimate of drug-likeness (QED) is 0.273. The number of hydrogen-bond donors (Lipinski definition) is 3. The standard InChI is InChI=1S/C17H19FN4O3.C2H7N3/c1-21(10-19)16-5-2-11(7-20-16)14-4-3-12(6-15(14)18)22-8-13(9-23)25-17(22)24;1-4-5(2)3/h2-7,13,23H,8-10,19H2,1H3;1,3H2,2H3. The summed E-state index contributed by atoms with van der Waals surface area (Å²) in [5, 5.41) is 13.5. The lowest BCUT2D eigenvalue weighted by Gasteiger charge is -2.16. The molecule has 30 heavy (non-hydrogen) atoms. The van der Waals surface area contributed by atoms with Crippen LogP contribution in [0.3, 0.4) is 0 Å². The number of aliphatic hydroxyl groups is 1. The van der Waals surface area contributed by atoms with Crippen LogP contribution in [0.15, 0.2) is 41.6 Å². The molecule has 0 aliphatic carbocycles. The fourth-order valence-electron chi connectivity index (χ4n) is 2.60. The highest BCUT2D eigenvalue weighted by atomic mass is 19.1. The third kappa shape index (κ3) is 5.63. The van der Waals surface area contributed by atoms with Gasteiger partial charge in [0.2, 0.25) is 0 Å². The zero-order chi connectivity index (χ0) is 22.3. The molecule has 0 bridgehead atoms.